The molecule has 0 amide bonds. The number of hydrogen-bond donors (Lipinski definition) is 2. The van der Waals surface area contributed by atoms with Gasteiger partial charge in [0.15, 0.2) is 0 Å². The summed E-state index contributed by atoms with van der Waals surface area (Å²) < 4.78 is 6.14. The summed E-state index contributed by atoms with van der Waals surface area (Å²) in [5, 5.41) is 8.17. The van der Waals surface area contributed by atoms with Crippen molar-refractivity contribution in [2.24, 2.45) is 0 Å². The Kier molecular flexibility index (Phi) is 5.39. The fourth-order valence-corrected chi connectivity index (χ4v) is 4.37. The van der Waals surface area contributed by atoms with E-state index in [9.17, 15) is 0 Å². The SMILES string of the molecule is CNc1nc2cc(OCCCN3CCCC3)c(C)cc2c2c1CCC(C)N2. The molecule has 5 nitrogen and oxygen atoms in total. The van der Waals surface area contributed by atoms with Gasteiger partial charge in [-0.15, -0.1) is 0 Å². The number of aryl methyl sites for hydroxylation is 1. The number of likely N-dealkylation sites (tertiary alicyclic amines) is 1. The van der Waals surface area contributed by atoms with Crippen LogP contribution in [0.25, 0.3) is 10.9 Å². The Morgan fingerprint density at radius 3 is 2.89 bits per heavy atom. The fourth-order valence-electron chi connectivity index (χ4n) is 4.37. The molecule has 0 spiro atoms. The Hall–Kier alpha value is -2.01. The molecule has 2 aliphatic heterocycles. The number of rotatable bonds is 6. The minimum absolute atomic E-state index is 0.495. The van der Waals surface area contributed by atoms with E-state index in [1.165, 1.54) is 48.1 Å². The summed E-state index contributed by atoms with van der Waals surface area (Å²) in [5.41, 5.74) is 4.73. The smallest absolute Gasteiger partial charge is 0.131 e. The van der Waals surface area contributed by atoms with E-state index in [-0.39, 0.29) is 0 Å². The molecule has 27 heavy (non-hydrogen) atoms. The molecule has 1 aromatic carbocycles. The molecule has 1 unspecified atom stereocenters. The van der Waals surface area contributed by atoms with Crippen molar-refractivity contribution in [3.8, 4) is 5.75 Å². The Bertz CT molecular complexity index is 814. The van der Waals surface area contributed by atoms with Crippen molar-refractivity contribution in [1.82, 2.24) is 9.88 Å². The molecule has 0 radical (unpaired) electrons. The van der Waals surface area contributed by atoms with Gasteiger partial charge in [0.25, 0.3) is 0 Å². The van der Waals surface area contributed by atoms with E-state index in [2.05, 4.69) is 41.5 Å². The molecule has 5 heteroatoms. The molecule has 3 heterocycles. The Labute approximate surface area is 162 Å². The molecule has 0 saturated carbocycles. The summed E-state index contributed by atoms with van der Waals surface area (Å²) >= 11 is 0. The lowest BCUT2D eigenvalue weighted by Crippen LogP contribution is -2.23. The average molecular weight is 369 g/mol. The topological polar surface area (TPSA) is 49.4 Å². The molecule has 1 fully saturated rings. The van der Waals surface area contributed by atoms with Gasteiger partial charge in [0.05, 0.1) is 17.8 Å². The second-order valence-corrected chi connectivity index (χ2v) is 8.03. The average Bonchev–Trinajstić information content (AvgIpc) is 3.18. The normalized spacial score (nSPS) is 19.7. The minimum Gasteiger partial charge on any atom is -0.493 e. The van der Waals surface area contributed by atoms with Crippen LogP contribution in [0.5, 0.6) is 5.75 Å². The van der Waals surface area contributed by atoms with Crippen LogP contribution >= 0.6 is 0 Å². The number of nitrogens with one attached hydrogen (secondary N) is 2. The largest absolute Gasteiger partial charge is 0.493 e. The highest BCUT2D eigenvalue weighted by Gasteiger charge is 2.22. The highest BCUT2D eigenvalue weighted by Crippen LogP contribution is 2.38. The van der Waals surface area contributed by atoms with E-state index in [4.69, 9.17) is 9.72 Å². The third kappa shape index (κ3) is 3.84. The van der Waals surface area contributed by atoms with Crippen molar-refractivity contribution in [3.05, 3.63) is 23.3 Å². The third-order valence-electron chi connectivity index (χ3n) is 5.91. The Morgan fingerprint density at radius 2 is 2.11 bits per heavy atom. The first-order chi connectivity index (χ1) is 13.2. The van der Waals surface area contributed by atoms with Crippen LogP contribution < -0.4 is 15.4 Å². The summed E-state index contributed by atoms with van der Waals surface area (Å²) in [6.07, 6.45) is 5.99. The van der Waals surface area contributed by atoms with E-state index in [0.717, 1.165) is 49.5 Å². The van der Waals surface area contributed by atoms with E-state index in [1.807, 2.05) is 7.05 Å². The lowest BCUT2D eigenvalue weighted by molar-refractivity contribution is 0.262. The van der Waals surface area contributed by atoms with E-state index in [0.29, 0.717) is 6.04 Å². The predicted octanol–water partition coefficient (Wildman–Crippen LogP) is 4.20. The van der Waals surface area contributed by atoms with E-state index in [1.54, 1.807) is 0 Å². The van der Waals surface area contributed by atoms with Gasteiger partial charge in [-0.2, -0.15) is 0 Å². The van der Waals surface area contributed by atoms with Crippen molar-refractivity contribution in [2.75, 3.05) is 43.9 Å². The van der Waals surface area contributed by atoms with Crippen LogP contribution in [0.1, 0.15) is 43.7 Å². The van der Waals surface area contributed by atoms with Crippen molar-refractivity contribution in [3.63, 3.8) is 0 Å². The monoisotopic (exact) mass is 368 g/mol. The zero-order valence-electron chi connectivity index (χ0n) is 16.9. The Morgan fingerprint density at radius 1 is 1.30 bits per heavy atom. The maximum absolute atomic E-state index is 6.14. The lowest BCUT2D eigenvalue weighted by Gasteiger charge is -2.27. The number of benzene rings is 1. The van der Waals surface area contributed by atoms with Gasteiger partial charge < -0.3 is 20.3 Å². The van der Waals surface area contributed by atoms with Gasteiger partial charge in [0.2, 0.25) is 0 Å². The van der Waals surface area contributed by atoms with Gasteiger partial charge in [-0.3, -0.25) is 0 Å². The van der Waals surface area contributed by atoms with Crippen LogP contribution in [-0.2, 0) is 6.42 Å². The van der Waals surface area contributed by atoms with Gasteiger partial charge in [0.1, 0.15) is 11.6 Å². The molecule has 0 aliphatic carbocycles. The van der Waals surface area contributed by atoms with Crippen molar-refractivity contribution in [2.45, 2.75) is 52.0 Å². The standard InChI is InChI=1S/C22H32N4O/c1-15-13-18-19(14-20(15)27-12-6-11-26-9-4-5-10-26)25-22(23-3)17-8-7-16(2)24-21(17)18/h13-14,16,24H,4-12H2,1-3H3,(H,23,25). The maximum Gasteiger partial charge on any atom is 0.131 e. The molecule has 2 N–H and O–H groups in total. The van der Waals surface area contributed by atoms with Gasteiger partial charge in [-0.05, 0) is 70.7 Å². The number of pyridine rings is 1. The van der Waals surface area contributed by atoms with E-state index >= 15 is 0 Å². The fraction of sp³-hybridized carbons (Fsp3) is 0.591. The van der Waals surface area contributed by atoms with Crippen LogP contribution in [0.3, 0.4) is 0 Å². The molecule has 1 saturated heterocycles. The number of aromatic nitrogens is 1. The highest BCUT2D eigenvalue weighted by molar-refractivity contribution is 5.97. The molecule has 0 bridgehead atoms. The van der Waals surface area contributed by atoms with Gasteiger partial charge in [0, 0.05) is 36.7 Å². The second-order valence-electron chi connectivity index (χ2n) is 8.03. The Balaban J connectivity index is 1.55. The van der Waals surface area contributed by atoms with Crippen LogP contribution in [-0.4, -0.2) is 49.2 Å². The van der Waals surface area contributed by atoms with Crippen molar-refractivity contribution in [1.29, 1.82) is 0 Å². The molecule has 1 aromatic heterocycles. The number of fused-ring (bicyclic) bond motifs is 3. The molecule has 2 aliphatic rings. The molecule has 2 aromatic rings. The zero-order chi connectivity index (χ0) is 18.8. The van der Waals surface area contributed by atoms with Gasteiger partial charge in [-0.25, -0.2) is 4.98 Å². The summed E-state index contributed by atoms with van der Waals surface area (Å²) in [7, 11) is 1.95. The first-order valence-corrected chi connectivity index (χ1v) is 10.4. The van der Waals surface area contributed by atoms with Crippen molar-refractivity contribution < 1.29 is 4.74 Å². The quantitative estimate of drug-likeness (QED) is 0.749. The summed E-state index contributed by atoms with van der Waals surface area (Å²) in [6.45, 7) is 8.80. The van der Waals surface area contributed by atoms with E-state index < -0.39 is 0 Å². The van der Waals surface area contributed by atoms with Crippen LogP contribution in [0.2, 0.25) is 0 Å². The van der Waals surface area contributed by atoms with Gasteiger partial charge >= 0.3 is 0 Å². The zero-order valence-corrected chi connectivity index (χ0v) is 16.9. The predicted molar refractivity (Wildman–Crippen MR) is 113 cm³/mol. The maximum atomic E-state index is 6.14. The molecular formula is C22H32N4O. The molecule has 4 rings (SSSR count). The van der Waals surface area contributed by atoms with Crippen molar-refractivity contribution >= 4 is 22.4 Å². The molecular weight excluding hydrogens is 336 g/mol. The number of anilines is 2. The highest BCUT2D eigenvalue weighted by atomic mass is 16.5. The van der Waals surface area contributed by atoms with Crippen LogP contribution in [0.15, 0.2) is 12.1 Å². The third-order valence-corrected chi connectivity index (χ3v) is 5.91. The summed E-state index contributed by atoms with van der Waals surface area (Å²) in [5.74, 6) is 1.95. The van der Waals surface area contributed by atoms with Crippen LogP contribution in [0, 0.1) is 6.92 Å². The lowest BCUT2D eigenvalue weighted by atomic mass is 9.96. The first kappa shape index (κ1) is 18.4. The minimum atomic E-state index is 0.495. The van der Waals surface area contributed by atoms with Crippen LogP contribution in [0.4, 0.5) is 11.5 Å². The summed E-state index contributed by atoms with van der Waals surface area (Å²) in [6, 6.07) is 4.85. The molecule has 1 atom stereocenters. The number of ether oxygens (including phenoxy) is 1. The second kappa shape index (κ2) is 7.93. The molecule has 146 valence electrons. The summed E-state index contributed by atoms with van der Waals surface area (Å²) in [4.78, 5) is 7.42. The first-order valence-electron chi connectivity index (χ1n) is 10.4. The van der Waals surface area contributed by atoms with Gasteiger partial charge in [-0.1, -0.05) is 0 Å². The number of hydrogen-bond acceptors (Lipinski definition) is 5. The number of nitrogens with zero attached hydrogens (tertiary/aromatic N) is 2.